The van der Waals surface area contributed by atoms with Gasteiger partial charge in [0.1, 0.15) is 0 Å². The van der Waals surface area contributed by atoms with Crippen molar-refractivity contribution >= 4 is 57.2 Å². The third-order valence-electron chi connectivity index (χ3n) is 4.60. The van der Waals surface area contributed by atoms with E-state index < -0.39 is 0 Å². The summed E-state index contributed by atoms with van der Waals surface area (Å²) in [4.78, 5) is 25.3. The molecule has 0 atom stereocenters. The van der Waals surface area contributed by atoms with E-state index in [4.69, 9.17) is 23.2 Å². The molecule has 0 unspecified atom stereocenters. The molecule has 0 aliphatic carbocycles. The number of carbonyl (C=O) groups excluding carboxylic acids is 2. The van der Waals surface area contributed by atoms with E-state index in [9.17, 15) is 9.59 Å². The van der Waals surface area contributed by atoms with Crippen LogP contribution in [-0.2, 0) is 0 Å². The maximum Gasteiger partial charge on any atom is 0.255 e. The standard InChI is InChI=1S/C24H16Cl2N2O2/c25-20-12-11-17(14-21(20)26)23(29)27-18-8-3-7-16(13-18)24(30)28-22-10-4-6-15-5-1-2-9-19(15)22/h1-14H,(H,27,29)(H,28,30). The minimum atomic E-state index is -0.347. The monoisotopic (exact) mass is 434 g/mol. The lowest BCUT2D eigenvalue weighted by Crippen LogP contribution is -2.14. The molecule has 0 radical (unpaired) electrons. The molecule has 4 nitrogen and oxygen atoms in total. The number of hydrogen-bond donors (Lipinski definition) is 2. The van der Waals surface area contributed by atoms with Gasteiger partial charge in [-0.2, -0.15) is 0 Å². The zero-order chi connectivity index (χ0) is 21.1. The summed E-state index contributed by atoms with van der Waals surface area (Å²) in [5, 5.41) is 8.39. The quantitative estimate of drug-likeness (QED) is 0.377. The molecule has 6 heteroatoms. The van der Waals surface area contributed by atoms with Crippen molar-refractivity contribution in [3.05, 3.63) is 106 Å². The van der Waals surface area contributed by atoms with E-state index in [-0.39, 0.29) is 11.8 Å². The van der Waals surface area contributed by atoms with Gasteiger partial charge in [-0.15, -0.1) is 0 Å². The van der Waals surface area contributed by atoms with Gasteiger partial charge in [-0.1, -0.05) is 65.7 Å². The van der Waals surface area contributed by atoms with E-state index in [1.54, 1.807) is 36.4 Å². The molecule has 0 heterocycles. The van der Waals surface area contributed by atoms with Crippen molar-refractivity contribution in [1.29, 1.82) is 0 Å². The molecule has 4 aromatic carbocycles. The first-order valence-corrected chi connectivity index (χ1v) is 9.92. The van der Waals surface area contributed by atoms with Gasteiger partial charge in [-0.3, -0.25) is 9.59 Å². The number of nitrogens with one attached hydrogen (secondary N) is 2. The molecule has 0 aliphatic rings. The van der Waals surface area contributed by atoms with Crippen molar-refractivity contribution in [2.75, 3.05) is 10.6 Å². The van der Waals surface area contributed by atoms with E-state index in [1.165, 1.54) is 6.07 Å². The molecule has 0 fully saturated rings. The van der Waals surface area contributed by atoms with Crippen LogP contribution in [0.25, 0.3) is 10.8 Å². The summed E-state index contributed by atoms with van der Waals surface area (Å²) in [6.07, 6.45) is 0. The Balaban J connectivity index is 1.53. The number of hydrogen-bond acceptors (Lipinski definition) is 2. The van der Waals surface area contributed by atoms with E-state index >= 15 is 0 Å². The summed E-state index contributed by atoms with van der Waals surface area (Å²) in [6.45, 7) is 0. The molecule has 0 aromatic heterocycles. The summed E-state index contributed by atoms with van der Waals surface area (Å²) in [5.74, 6) is -0.614. The van der Waals surface area contributed by atoms with Gasteiger partial charge in [0.2, 0.25) is 0 Å². The van der Waals surface area contributed by atoms with Crippen molar-refractivity contribution in [3.63, 3.8) is 0 Å². The molecular formula is C24H16Cl2N2O2. The van der Waals surface area contributed by atoms with E-state index in [1.807, 2.05) is 42.5 Å². The zero-order valence-corrected chi connectivity index (χ0v) is 17.2. The average molecular weight is 435 g/mol. The Morgan fingerprint density at radius 1 is 0.633 bits per heavy atom. The van der Waals surface area contributed by atoms with E-state index in [2.05, 4.69) is 10.6 Å². The Hall–Kier alpha value is -3.34. The van der Waals surface area contributed by atoms with Gasteiger partial charge in [0.05, 0.1) is 10.0 Å². The Kier molecular flexibility index (Phi) is 5.70. The molecule has 0 saturated carbocycles. The first kappa shape index (κ1) is 20.0. The van der Waals surface area contributed by atoms with Gasteiger partial charge in [-0.05, 0) is 47.9 Å². The third kappa shape index (κ3) is 4.30. The predicted molar refractivity (Wildman–Crippen MR) is 123 cm³/mol. The average Bonchev–Trinajstić information content (AvgIpc) is 2.76. The number of rotatable bonds is 4. The van der Waals surface area contributed by atoms with Gasteiger partial charge >= 0.3 is 0 Å². The lowest BCUT2D eigenvalue weighted by molar-refractivity contribution is 0.101. The normalized spacial score (nSPS) is 10.6. The first-order valence-electron chi connectivity index (χ1n) is 9.17. The molecular weight excluding hydrogens is 419 g/mol. The summed E-state index contributed by atoms with van der Waals surface area (Å²) in [7, 11) is 0. The number of anilines is 2. The number of halogens is 2. The lowest BCUT2D eigenvalue weighted by atomic mass is 10.1. The van der Waals surface area contributed by atoms with Gasteiger partial charge in [0.15, 0.2) is 0 Å². The maximum absolute atomic E-state index is 12.8. The molecule has 30 heavy (non-hydrogen) atoms. The van der Waals surface area contributed by atoms with Crippen LogP contribution >= 0.6 is 23.2 Å². The Morgan fingerprint density at radius 2 is 1.33 bits per heavy atom. The minimum Gasteiger partial charge on any atom is -0.322 e. The highest BCUT2D eigenvalue weighted by molar-refractivity contribution is 6.42. The minimum absolute atomic E-state index is 0.267. The van der Waals surface area contributed by atoms with Gasteiger partial charge in [0, 0.05) is 27.9 Å². The number of benzene rings is 4. The zero-order valence-electron chi connectivity index (χ0n) is 15.7. The number of carbonyl (C=O) groups is 2. The fraction of sp³-hybridized carbons (Fsp3) is 0. The molecule has 4 rings (SSSR count). The highest BCUT2D eigenvalue weighted by atomic mass is 35.5. The van der Waals surface area contributed by atoms with Crippen LogP contribution in [0.1, 0.15) is 20.7 Å². The Morgan fingerprint density at radius 3 is 2.17 bits per heavy atom. The van der Waals surface area contributed by atoms with Gasteiger partial charge in [-0.25, -0.2) is 0 Å². The first-order chi connectivity index (χ1) is 14.5. The van der Waals surface area contributed by atoms with Gasteiger partial charge in [0.25, 0.3) is 11.8 Å². The maximum atomic E-state index is 12.8. The van der Waals surface area contributed by atoms with Crippen LogP contribution in [0.5, 0.6) is 0 Å². The fourth-order valence-corrected chi connectivity index (χ4v) is 3.41. The lowest BCUT2D eigenvalue weighted by Gasteiger charge is -2.10. The van der Waals surface area contributed by atoms with Crippen LogP contribution in [0, 0.1) is 0 Å². The van der Waals surface area contributed by atoms with E-state index in [0.29, 0.717) is 26.9 Å². The van der Waals surface area contributed by atoms with Crippen LogP contribution in [0.3, 0.4) is 0 Å². The van der Waals surface area contributed by atoms with Crippen molar-refractivity contribution in [3.8, 4) is 0 Å². The summed E-state index contributed by atoms with van der Waals surface area (Å²) >= 11 is 11.9. The summed E-state index contributed by atoms with van der Waals surface area (Å²) in [6, 6.07) is 24.9. The van der Waals surface area contributed by atoms with Crippen molar-refractivity contribution in [2.45, 2.75) is 0 Å². The molecule has 0 spiro atoms. The summed E-state index contributed by atoms with van der Waals surface area (Å²) in [5.41, 5.74) is 2.02. The smallest absolute Gasteiger partial charge is 0.255 e. The highest BCUT2D eigenvalue weighted by Crippen LogP contribution is 2.25. The molecule has 4 aromatic rings. The van der Waals surface area contributed by atoms with Crippen LogP contribution < -0.4 is 10.6 Å². The van der Waals surface area contributed by atoms with Crippen LogP contribution in [0.4, 0.5) is 11.4 Å². The second-order valence-corrected chi connectivity index (χ2v) is 7.46. The number of fused-ring (bicyclic) bond motifs is 1. The second-order valence-electron chi connectivity index (χ2n) is 6.64. The third-order valence-corrected chi connectivity index (χ3v) is 5.34. The molecule has 0 bridgehead atoms. The molecule has 148 valence electrons. The topological polar surface area (TPSA) is 58.2 Å². The largest absolute Gasteiger partial charge is 0.322 e. The molecule has 0 aliphatic heterocycles. The molecule has 2 amide bonds. The molecule has 2 N–H and O–H groups in total. The second kappa shape index (κ2) is 8.57. The highest BCUT2D eigenvalue weighted by Gasteiger charge is 2.12. The van der Waals surface area contributed by atoms with Crippen molar-refractivity contribution in [2.24, 2.45) is 0 Å². The van der Waals surface area contributed by atoms with Gasteiger partial charge < -0.3 is 10.6 Å². The Labute approximate surface area is 183 Å². The Bertz CT molecular complexity index is 1270. The molecule has 0 saturated heterocycles. The predicted octanol–water partition coefficient (Wildman–Crippen LogP) is 6.65. The van der Waals surface area contributed by atoms with E-state index in [0.717, 1.165) is 16.5 Å². The van der Waals surface area contributed by atoms with Crippen molar-refractivity contribution < 1.29 is 9.59 Å². The SMILES string of the molecule is O=C(Nc1cccc(C(=O)Nc2cccc3ccccc23)c1)c1ccc(Cl)c(Cl)c1. The fourth-order valence-electron chi connectivity index (χ4n) is 3.11. The van der Waals surface area contributed by atoms with Crippen LogP contribution in [0.2, 0.25) is 10.0 Å². The summed E-state index contributed by atoms with van der Waals surface area (Å²) < 4.78 is 0. The number of amides is 2. The van der Waals surface area contributed by atoms with Crippen molar-refractivity contribution in [1.82, 2.24) is 0 Å². The van der Waals surface area contributed by atoms with Crippen LogP contribution in [0.15, 0.2) is 84.9 Å². The van der Waals surface area contributed by atoms with Crippen LogP contribution in [-0.4, -0.2) is 11.8 Å².